The topological polar surface area (TPSA) is 55.3 Å². The Morgan fingerprint density at radius 3 is 1.92 bits per heavy atom. The van der Waals surface area contributed by atoms with E-state index in [1.807, 2.05) is 43.3 Å². The molecular formula is C21H21N3O2. The maximum Gasteiger partial charge on any atom is 0.358 e. The van der Waals surface area contributed by atoms with Gasteiger partial charge in [0.15, 0.2) is 11.5 Å². The number of nitrogens with zero attached hydrogens (tertiary/aromatic N) is 3. The standard InChI is InChI=1S/C21H21N3O2/c1-16-13-19(21(25)26-2)22-23-20(16)24(14-17-9-5-3-6-10-17)15-18-11-7-4-8-12-18/h3-13H,14-15H2,1-2H3. The van der Waals surface area contributed by atoms with Crippen molar-refractivity contribution in [3.8, 4) is 0 Å². The summed E-state index contributed by atoms with van der Waals surface area (Å²) in [6.45, 7) is 3.32. The summed E-state index contributed by atoms with van der Waals surface area (Å²) in [5.74, 6) is 0.273. The lowest BCUT2D eigenvalue weighted by atomic mass is 10.1. The van der Waals surface area contributed by atoms with Crippen LogP contribution in [-0.2, 0) is 17.8 Å². The normalized spacial score (nSPS) is 10.4. The Morgan fingerprint density at radius 1 is 0.923 bits per heavy atom. The largest absolute Gasteiger partial charge is 0.464 e. The van der Waals surface area contributed by atoms with Gasteiger partial charge in [0.25, 0.3) is 0 Å². The molecule has 0 unspecified atom stereocenters. The summed E-state index contributed by atoms with van der Waals surface area (Å²) in [4.78, 5) is 13.9. The van der Waals surface area contributed by atoms with Crippen LogP contribution < -0.4 is 4.90 Å². The molecular weight excluding hydrogens is 326 g/mol. The third-order valence-corrected chi connectivity index (χ3v) is 4.08. The van der Waals surface area contributed by atoms with Crippen LogP contribution in [-0.4, -0.2) is 23.3 Å². The van der Waals surface area contributed by atoms with Gasteiger partial charge in [0.2, 0.25) is 0 Å². The third-order valence-electron chi connectivity index (χ3n) is 4.08. The smallest absolute Gasteiger partial charge is 0.358 e. The van der Waals surface area contributed by atoms with E-state index < -0.39 is 5.97 Å². The molecule has 0 N–H and O–H groups in total. The molecule has 0 aliphatic rings. The molecule has 0 aliphatic carbocycles. The molecule has 132 valence electrons. The molecule has 0 atom stereocenters. The molecule has 5 heteroatoms. The number of methoxy groups -OCH3 is 1. The molecule has 3 rings (SSSR count). The van der Waals surface area contributed by atoms with Crippen LogP contribution in [0.4, 0.5) is 5.82 Å². The summed E-state index contributed by atoms with van der Waals surface area (Å²) in [6, 6.07) is 22.2. The van der Waals surface area contributed by atoms with Crippen LogP contribution in [0, 0.1) is 6.92 Å². The van der Waals surface area contributed by atoms with Gasteiger partial charge in [0, 0.05) is 13.1 Å². The van der Waals surface area contributed by atoms with Crippen molar-refractivity contribution in [1.29, 1.82) is 0 Å². The van der Waals surface area contributed by atoms with Gasteiger partial charge in [-0.15, -0.1) is 10.2 Å². The number of ether oxygens (including phenoxy) is 1. The highest BCUT2D eigenvalue weighted by Crippen LogP contribution is 2.22. The Hall–Kier alpha value is -3.21. The maximum absolute atomic E-state index is 11.7. The van der Waals surface area contributed by atoms with Gasteiger partial charge in [-0.1, -0.05) is 60.7 Å². The van der Waals surface area contributed by atoms with Crippen molar-refractivity contribution < 1.29 is 9.53 Å². The number of esters is 1. The van der Waals surface area contributed by atoms with Crippen LogP contribution in [0.1, 0.15) is 27.2 Å². The summed E-state index contributed by atoms with van der Waals surface area (Å²) >= 11 is 0. The Kier molecular flexibility index (Phi) is 5.59. The van der Waals surface area contributed by atoms with Gasteiger partial charge in [-0.25, -0.2) is 4.79 Å². The van der Waals surface area contributed by atoms with Crippen molar-refractivity contribution in [2.24, 2.45) is 0 Å². The Bertz CT molecular complexity index is 825. The fraction of sp³-hybridized carbons (Fsp3) is 0.190. The molecule has 0 saturated carbocycles. The molecule has 1 aromatic heterocycles. The first-order valence-electron chi connectivity index (χ1n) is 8.43. The number of anilines is 1. The minimum atomic E-state index is -0.482. The molecule has 0 spiro atoms. The van der Waals surface area contributed by atoms with E-state index in [1.54, 1.807) is 6.07 Å². The SMILES string of the molecule is COC(=O)c1cc(C)c(N(Cc2ccccc2)Cc2ccccc2)nn1. The zero-order valence-corrected chi connectivity index (χ0v) is 14.9. The van der Waals surface area contributed by atoms with Crippen molar-refractivity contribution in [3.63, 3.8) is 0 Å². The highest BCUT2D eigenvalue weighted by Gasteiger charge is 2.16. The fourth-order valence-corrected chi connectivity index (χ4v) is 2.81. The van der Waals surface area contributed by atoms with E-state index in [2.05, 4.69) is 39.4 Å². The summed E-state index contributed by atoms with van der Waals surface area (Å²) in [6.07, 6.45) is 0. The van der Waals surface area contributed by atoms with Gasteiger partial charge in [0.1, 0.15) is 0 Å². The Balaban J connectivity index is 1.93. The number of aryl methyl sites for hydroxylation is 1. The molecule has 26 heavy (non-hydrogen) atoms. The first-order valence-corrected chi connectivity index (χ1v) is 8.43. The number of hydrogen-bond donors (Lipinski definition) is 0. The molecule has 0 aliphatic heterocycles. The second kappa shape index (κ2) is 8.25. The van der Waals surface area contributed by atoms with E-state index >= 15 is 0 Å². The van der Waals surface area contributed by atoms with Crippen LogP contribution in [0.25, 0.3) is 0 Å². The van der Waals surface area contributed by atoms with Crippen molar-refractivity contribution in [1.82, 2.24) is 10.2 Å². The molecule has 2 aromatic carbocycles. The molecule has 0 fully saturated rings. The van der Waals surface area contributed by atoms with E-state index in [0.29, 0.717) is 13.1 Å². The number of aromatic nitrogens is 2. The van der Waals surface area contributed by atoms with Crippen LogP contribution in [0.15, 0.2) is 66.7 Å². The fourth-order valence-electron chi connectivity index (χ4n) is 2.81. The Morgan fingerprint density at radius 2 is 1.46 bits per heavy atom. The minimum absolute atomic E-state index is 0.216. The lowest BCUT2D eigenvalue weighted by Gasteiger charge is -2.25. The first kappa shape index (κ1) is 17.6. The predicted octanol–water partition coefficient (Wildman–Crippen LogP) is 3.78. The zero-order valence-electron chi connectivity index (χ0n) is 14.9. The van der Waals surface area contributed by atoms with Gasteiger partial charge in [-0.2, -0.15) is 0 Å². The highest BCUT2D eigenvalue weighted by atomic mass is 16.5. The monoisotopic (exact) mass is 347 g/mol. The summed E-state index contributed by atoms with van der Waals surface area (Å²) < 4.78 is 4.73. The summed E-state index contributed by atoms with van der Waals surface area (Å²) in [7, 11) is 1.34. The van der Waals surface area contributed by atoms with Crippen molar-refractivity contribution in [2.75, 3.05) is 12.0 Å². The van der Waals surface area contributed by atoms with E-state index in [0.717, 1.165) is 11.4 Å². The zero-order chi connectivity index (χ0) is 18.4. The molecule has 0 amide bonds. The Labute approximate surface area is 153 Å². The van der Waals surface area contributed by atoms with Gasteiger partial charge in [-0.05, 0) is 29.7 Å². The summed E-state index contributed by atoms with van der Waals surface area (Å²) in [5, 5.41) is 8.36. The minimum Gasteiger partial charge on any atom is -0.464 e. The van der Waals surface area contributed by atoms with Crippen LogP contribution in [0.3, 0.4) is 0 Å². The van der Waals surface area contributed by atoms with Crippen LogP contribution in [0.2, 0.25) is 0 Å². The number of benzene rings is 2. The van der Waals surface area contributed by atoms with E-state index in [-0.39, 0.29) is 5.69 Å². The predicted molar refractivity (Wildman–Crippen MR) is 101 cm³/mol. The van der Waals surface area contributed by atoms with Crippen molar-refractivity contribution in [3.05, 3.63) is 89.1 Å². The lowest BCUT2D eigenvalue weighted by molar-refractivity contribution is 0.0592. The highest BCUT2D eigenvalue weighted by molar-refractivity contribution is 5.87. The van der Waals surface area contributed by atoms with Crippen molar-refractivity contribution in [2.45, 2.75) is 20.0 Å². The van der Waals surface area contributed by atoms with Gasteiger partial charge in [0.05, 0.1) is 7.11 Å². The second-order valence-electron chi connectivity index (χ2n) is 6.06. The van der Waals surface area contributed by atoms with E-state index in [4.69, 9.17) is 4.74 Å². The van der Waals surface area contributed by atoms with Gasteiger partial charge >= 0.3 is 5.97 Å². The molecule has 1 heterocycles. The summed E-state index contributed by atoms with van der Waals surface area (Å²) in [5.41, 5.74) is 3.46. The average Bonchev–Trinajstić information content (AvgIpc) is 2.68. The van der Waals surface area contributed by atoms with Gasteiger partial charge < -0.3 is 9.64 Å². The van der Waals surface area contributed by atoms with Crippen LogP contribution in [0.5, 0.6) is 0 Å². The molecule has 0 radical (unpaired) electrons. The number of carbonyl (C=O) groups is 1. The van der Waals surface area contributed by atoms with Gasteiger partial charge in [-0.3, -0.25) is 0 Å². The van der Waals surface area contributed by atoms with Crippen LogP contribution >= 0.6 is 0 Å². The third kappa shape index (κ3) is 4.25. The molecule has 0 saturated heterocycles. The maximum atomic E-state index is 11.7. The number of carbonyl (C=O) groups excluding carboxylic acids is 1. The molecule has 3 aromatic rings. The van der Waals surface area contributed by atoms with Crippen molar-refractivity contribution >= 4 is 11.8 Å². The number of rotatable bonds is 6. The second-order valence-corrected chi connectivity index (χ2v) is 6.06. The molecule has 5 nitrogen and oxygen atoms in total. The van der Waals surface area contributed by atoms with E-state index in [9.17, 15) is 4.79 Å². The molecule has 0 bridgehead atoms. The van der Waals surface area contributed by atoms with E-state index in [1.165, 1.54) is 18.2 Å². The lowest BCUT2D eigenvalue weighted by Crippen LogP contribution is -2.25. The quantitative estimate of drug-likeness (QED) is 0.635. The number of hydrogen-bond acceptors (Lipinski definition) is 5. The average molecular weight is 347 g/mol. The first-order chi connectivity index (χ1) is 12.7.